The van der Waals surface area contributed by atoms with Crippen LogP contribution in [0, 0.1) is 0 Å². The molecule has 5 heteroatoms. The SMILES string of the molecule is CN(Cc1ccccc1)c1ncc(C(=O)O)cc1N. The van der Waals surface area contributed by atoms with Crippen LogP contribution in [0.2, 0.25) is 0 Å². The van der Waals surface area contributed by atoms with Gasteiger partial charge >= 0.3 is 5.97 Å². The summed E-state index contributed by atoms with van der Waals surface area (Å²) >= 11 is 0. The van der Waals surface area contributed by atoms with E-state index in [2.05, 4.69) is 4.98 Å². The number of nitrogens with zero attached hydrogens (tertiary/aromatic N) is 2. The van der Waals surface area contributed by atoms with Gasteiger partial charge in [-0.15, -0.1) is 0 Å². The molecule has 1 aromatic heterocycles. The Balaban J connectivity index is 2.20. The van der Waals surface area contributed by atoms with Crippen molar-refractivity contribution in [2.24, 2.45) is 0 Å². The number of aromatic nitrogens is 1. The van der Waals surface area contributed by atoms with E-state index in [1.54, 1.807) is 0 Å². The number of nitrogen functional groups attached to an aromatic ring is 1. The molecule has 98 valence electrons. The fourth-order valence-corrected chi connectivity index (χ4v) is 1.84. The number of anilines is 2. The molecule has 0 spiro atoms. The Morgan fingerprint density at radius 2 is 2.05 bits per heavy atom. The second-order valence-electron chi connectivity index (χ2n) is 4.28. The van der Waals surface area contributed by atoms with Gasteiger partial charge in [-0.25, -0.2) is 9.78 Å². The third kappa shape index (κ3) is 3.01. The van der Waals surface area contributed by atoms with Gasteiger partial charge in [0.25, 0.3) is 0 Å². The lowest BCUT2D eigenvalue weighted by Gasteiger charge is -2.20. The topological polar surface area (TPSA) is 79.5 Å². The monoisotopic (exact) mass is 257 g/mol. The highest BCUT2D eigenvalue weighted by atomic mass is 16.4. The maximum atomic E-state index is 10.8. The van der Waals surface area contributed by atoms with Gasteiger partial charge in [-0.3, -0.25) is 0 Å². The molecule has 0 saturated carbocycles. The Morgan fingerprint density at radius 1 is 1.37 bits per heavy atom. The quantitative estimate of drug-likeness (QED) is 0.875. The third-order valence-corrected chi connectivity index (χ3v) is 2.77. The minimum absolute atomic E-state index is 0.0920. The lowest BCUT2D eigenvalue weighted by atomic mass is 10.2. The van der Waals surface area contributed by atoms with Gasteiger partial charge in [-0.05, 0) is 11.6 Å². The van der Waals surface area contributed by atoms with E-state index in [9.17, 15) is 4.79 Å². The highest BCUT2D eigenvalue weighted by molar-refractivity contribution is 5.89. The van der Waals surface area contributed by atoms with Crippen molar-refractivity contribution in [1.29, 1.82) is 0 Å². The predicted molar refractivity (Wildman–Crippen MR) is 74.2 cm³/mol. The second kappa shape index (κ2) is 5.39. The van der Waals surface area contributed by atoms with E-state index in [1.807, 2.05) is 42.3 Å². The van der Waals surface area contributed by atoms with Gasteiger partial charge in [-0.1, -0.05) is 30.3 Å². The van der Waals surface area contributed by atoms with Gasteiger partial charge in [-0.2, -0.15) is 0 Å². The lowest BCUT2D eigenvalue weighted by molar-refractivity contribution is 0.0696. The molecule has 2 rings (SSSR count). The summed E-state index contributed by atoms with van der Waals surface area (Å²) in [5.41, 5.74) is 7.43. The molecule has 5 nitrogen and oxygen atoms in total. The highest BCUT2D eigenvalue weighted by Crippen LogP contribution is 2.21. The van der Waals surface area contributed by atoms with Gasteiger partial charge in [0, 0.05) is 19.8 Å². The number of nitrogens with two attached hydrogens (primary N) is 1. The van der Waals surface area contributed by atoms with E-state index in [4.69, 9.17) is 10.8 Å². The first-order valence-electron chi connectivity index (χ1n) is 5.82. The van der Waals surface area contributed by atoms with Crippen LogP contribution in [0.3, 0.4) is 0 Å². The molecule has 0 aliphatic rings. The summed E-state index contributed by atoms with van der Waals surface area (Å²) in [5.74, 6) is -0.453. The van der Waals surface area contributed by atoms with Gasteiger partial charge < -0.3 is 15.7 Å². The molecule has 0 aliphatic heterocycles. The maximum Gasteiger partial charge on any atom is 0.337 e. The van der Waals surface area contributed by atoms with Crippen LogP contribution in [-0.2, 0) is 6.54 Å². The molecule has 2 aromatic rings. The molecule has 19 heavy (non-hydrogen) atoms. The van der Waals surface area contributed by atoms with Crippen molar-refractivity contribution in [2.75, 3.05) is 17.7 Å². The number of carboxylic acids is 1. The Morgan fingerprint density at radius 3 is 2.63 bits per heavy atom. The highest BCUT2D eigenvalue weighted by Gasteiger charge is 2.11. The van der Waals surface area contributed by atoms with Gasteiger partial charge in [0.15, 0.2) is 5.82 Å². The Labute approximate surface area is 111 Å². The van der Waals surface area contributed by atoms with E-state index in [0.717, 1.165) is 5.56 Å². The molecule has 3 N–H and O–H groups in total. The summed E-state index contributed by atoms with van der Waals surface area (Å²) in [4.78, 5) is 16.8. The zero-order valence-corrected chi connectivity index (χ0v) is 10.6. The van der Waals surface area contributed by atoms with Gasteiger partial charge in [0.05, 0.1) is 11.3 Å². The molecule has 0 aliphatic carbocycles. The Bertz CT molecular complexity index is 584. The molecule has 0 amide bonds. The Kier molecular flexibility index (Phi) is 3.66. The van der Waals surface area contributed by atoms with Crippen LogP contribution >= 0.6 is 0 Å². The number of carboxylic acid groups (broad SMARTS) is 1. The number of hydrogen-bond acceptors (Lipinski definition) is 4. The number of pyridine rings is 1. The summed E-state index contributed by atoms with van der Waals surface area (Å²) in [5, 5.41) is 8.86. The van der Waals surface area contributed by atoms with Crippen LogP contribution in [0.1, 0.15) is 15.9 Å². The van der Waals surface area contributed by atoms with E-state index >= 15 is 0 Å². The van der Waals surface area contributed by atoms with Crippen molar-refractivity contribution < 1.29 is 9.90 Å². The normalized spacial score (nSPS) is 10.2. The molecular formula is C14H15N3O2. The first kappa shape index (κ1) is 12.9. The molecule has 1 aromatic carbocycles. The van der Waals surface area contributed by atoms with Crippen LogP contribution in [0.5, 0.6) is 0 Å². The Hall–Kier alpha value is -2.56. The maximum absolute atomic E-state index is 10.8. The van der Waals surface area contributed by atoms with Crippen LogP contribution in [0.4, 0.5) is 11.5 Å². The van der Waals surface area contributed by atoms with Crippen LogP contribution < -0.4 is 10.6 Å². The molecule has 0 radical (unpaired) electrons. The zero-order chi connectivity index (χ0) is 13.8. The molecule has 0 unspecified atom stereocenters. The molecular weight excluding hydrogens is 242 g/mol. The van der Waals surface area contributed by atoms with Crippen LogP contribution in [-0.4, -0.2) is 23.1 Å². The van der Waals surface area contributed by atoms with Gasteiger partial charge in [0.1, 0.15) is 0 Å². The van der Waals surface area contributed by atoms with Crippen molar-refractivity contribution in [3.63, 3.8) is 0 Å². The largest absolute Gasteiger partial charge is 0.478 e. The van der Waals surface area contributed by atoms with E-state index in [-0.39, 0.29) is 5.56 Å². The number of carbonyl (C=O) groups is 1. The first-order valence-corrected chi connectivity index (χ1v) is 5.82. The average molecular weight is 257 g/mol. The minimum atomic E-state index is -1.03. The number of rotatable bonds is 4. The van der Waals surface area contributed by atoms with Crippen molar-refractivity contribution in [3.05, 3.63) is 53.7 Å². The molecule has 0 atom stereocenters. The van der Waals surface area contributed by atoms with E-state index < -0.39 is 5.97 Å². The van der Waals surface area contributed by atoms with Crippen molar-refractivity contribution >= 4 is 17.5 Å². The fourth-order valence-electron chi connectivity index (χ4n) is 1.84. The minimum Gasteiger partial charge on any atom is -0.478 e. The number of hydrogen-bond donors (Lipinski definition) is 2. The molecule has 0 bridgehead atoms. The van der Waals surface area contributed by atoms with E-state index in [0.29, 0.717) is 18.1 Å². The number of benzene rings is 1. The summed E-state index contributed by atoms with van der Waals surface area (Å²) in [6, 6.07) is 11.3. The lowest BCUT2D eigenvalue weighted by Crippen LogP contribution is -2.19. The van der Waals surface area contributed by atoms with E-state index in [1.165, 1.54) is 12.3 Å². The molecule has 0 saturated heterocycles. The zero-order valence-electron chi connectivity index (χ0n) is 10.6. The van der Waals surface area contributed by atoms with Crippen molar-refractivity contribution in [3.8, 4) is 0 Å². The molecule has 1 heterocycles. The summed E-state index contributed by atoms with van der Waals surface area (Å²) in [6.45, 7) is 0.657. The summed E-state index contributed by atoms with van der Waals surface area (Å²) in [7, 11) is 1.87. The summed E-state index contributed by atoms with van der Waals surface area (Å²) < 4.78 is 0. The fraction of sp³-hybridized carbons (Fsp3) is 0.143. The second-order valence-corrected chi connectivity index (χ2v) is 4.28. The smallest absolute Gasteiger partial charge is 0.337 e. The first-order chi connectivity index (χ1) is 9.08. The van der Waals surface area contributed by atoms with Gasteiger partial charge in [0.2, 0.25) is 0 Å². The van der Waals surface area contributed by atoms with Crippen molar-refractivity contribution in [1.82, 2.24) is 4.98 Å². The van der Waals surface area contributed by atoms with Crippen LogP contribution in [0.15, 0.2) is 42.6 Å². The van der Waals surface area contributed by atoms with Crippen molar-refractivity contribution in [2.45, 2.75) is 6.54 Å². The average Bonchev–Trinajstić information content (AvgIpc) is 2.39. The predicted octanol–water partition coefficient (Wildman–Crippen LogP) is 2.00. The standard InChI is InChI=1S/C14H15N3O2/c1-17(9-10-5-3-2-4-6-10)13-12(15)7-11(8-16-13)14(18)19/h2-8H,9,15H2,1H3,(H,18,19). The summed E-state index contributed by atoms with van der Waals surface area (Å²) in [6.07, 6.45) is 1.32. The molecule has 0 fully saturated rings. The number of aromatic carboxylic acids is 1. The third-order valence-electron chi connectivity index (χ3n) is 2.77. The van der Waals surface area contributed by atoms with Crippen LogP contribution in [0.25, 0.3) is 0 Å².